The first-order valence-electron chi connectivity index (χ1n) is 13.5. The fourth-order valence-corrected chi connectivity index (χ4v) is 6.11. The molecule has 1 fully saturated rings. The van der Waals surface area contributed by atoms with Crippen molar-refractivity contribution >= 4 is 38.2 Å². The van der Waals surface area contributed by atoms with Crippen LogP contribution in [0.15, 0.2) is 30.6 Å². The van der Waals surface area contributed by atoms with E-state index >= 15 is 0 Å². The lowest BCUT2D eigenvalue weighted by Gasteiger charge is -2.39. The van der Waals surface area contributed by atoms with E-state index in [1.165, 1.54) is 6.26 Å². The Morgan fingerprint density at radius 1 is 1.12 bits per heavy atom. The van der Waals surface area contributed by atoms with Gasteiger partial charge in [-0.1, -0.05) is 0 Å². The number of rotatable bonds is 8. The molecule has 0 aromatic carbocycles. The highest BCUT2D eigenvalue weighted by Gasteiger charge is 2.63. The summed E-state index contributed by atoms with van der Waals surface area (Å²) in [7, 11) is -3.18. The van der Waals surface area contributed by atoms with Crippen molar-refractivity contribution in [2.75, 3.05) is 11.6 Å². The number of ether oxygens (including phenoxy) is 2. The molecule has 0 amide bonds. The molecule has 214 valence electrons. The largest absolute Gasteiger partial charge is 0.474 e. The summed E-state index contributed by atoms with van der Waals surface area (Å²) >= 11 is 0. The minimum absolute atomic E-state index is 0.273. The van der Waals surface area contributed by atoms with Gasteiger partial charge in [-0.3, -0.25) is 0 Å². The van der Waals surface area contributed by atoms with E-state index in [-0.39, 0.29) is 17.5 Å². The Hall–Kier alpha value is -3.31. The van der Waals surface area contributed by atoms with Crippen molar-refractivity contribution in [2.45, 2.75) is 88.7 Å². The number of carbonyl (C=O) groups is 1. The fraction of sp³-hybridized carbons (Fsp3) is 0.517. The SMILES string of the molecule is CC(C[C@@H](C)Oc1ncc(C(C)(C)N)c2cc(Nc3ccc4c(n3)C3(CC3)C(C)(C)OC4=O)ncc12)S(C)(=O)=O. The Labute approximate surface area is 235 Å². The quantitative estimate of drug-likeness (QED) is 0.372. The summed E-state index contributed by atoms with van der Waals surface area (Å²) in [5, 5.41) is 4.22. The van der Waals surface area contributed by atoms with Gasteiger partial charge in [0.1, 0.15) is 27.1 Å². The van der Waals surface area contributed by atoms with Gasteiger partial charge in [-0.25, -0.2) is 28.2 Å². The maximum Gasteiger partial charge on any atom is 0.340 e. The molecule has 2 aliphatic rings. The predicted octanol–water partition coefficient (Wildman–Crippen LogP) is 4.53. The lowest BCUT2D eigenvalue weighted by Crippen LogP contribution is -2.46. The van der Waals surface area contributed by atoms with Crippen LogP contribution in [-0.4, -0.2) is 52.5 Å². The van der Waals surface area contributed by atoms with Crippen LogP contribution in [0.1, 0.15) is 82.4 Å². The first kappa shape index (κ1) is 28.2. The Kier molecular flexibility index (Phi) is 6.61. The van der Waals surface area contributed by atoms with Gasteiger partial charge in [-0.2, -0.15) is 0 Å². The number of sulfone groups is 1. The molecule has 1 saturated carbocycles. The van der Waals surface area contributed by atoms with E-state index in [0.29, 0.717) is 34.9 Å². The highest BCUT2D eigenvalue weighted by atomic mass is 32.2. The van der Waals surface area contributed by atoms with Crippen LogP contribution in [0.5, 0.6) is 5.88 Å². The van der Waals surface area contributed by atoms with E-state index in [2.05, 4.69) is 15.3 Å². The van der Waals surface area contributed by atoms with Gasteiger partial charge in [0.2, 0.25) is 5.88 Å². The highest BCUT2D eigenvalue weighted by Crippen LogP contribution is 2.59. The standard InChI is InChI=1S/C29H37N5O5S/c1-16(12-17(2)40(7,36)37)38-25-20-14-31-23(13-19(20)21(15-32-25)27(3,4)30)33-22-9-8-18-24(34-22)29(10-11-29)28(5,6)39-26(18)35/h8-9,13-17H,10-12,30H2,1-7H3,(H,31,33,34)/t16-,17?/m1/s1. The van der Waals surface area contributed by atoms with Crippen LogP contribution in [-0.2, 0) is 25.5 Å². The van der Waals surface area contributed by atoms with Crippen LogP contribution in [0.2, 0.25) is 0 Å². The van der Waals surface area contributed by atoms with Gasteiger partial charge in [0, 0.05) is 30.6 Å². The number of cyclic esters (lactones) is 1. The third-order valence-corrected chi connectivity index (χ3v) is 9.87. The lowest BCUT2D eigenvalue weighted by atomic mass is 9.80. The molecule has 1 unspecified atom stereocenters. The van der Waals surface area contributed by atoms with Gasteiger partial charge >= 0.3 is 5.97 Å². The Balaban J connectivity index is 1.49. The van der Waals surface area contributed by atoms with Crippen molar-refractivity contribution in [2.24, 2.45) is 5.73 Å². The molecule has 40 heavy (non-hydrogen) atoms. The van der Waals surface area contributed by atoms with Gasteiger partial charge in [0.25, 0.3) is 0 Å². The summed E-state index contributed by atoms with van der Waals surface area (Å²) in [6.45, 7) is 11.2. The van der Waals surface area contributed by atoms with Crippen LogP contribution in [0, 0.1) is 0 Å². The molecular formula is C29H37N5O5S. The minimum Gasteiger partial charge on any atom is -0.474 e. The van der Waals surface area contributed by atoms with Crippen molar-refractivity contribution in [1.82, 2.24) is 15.0 Å². The lowest BCUT2D eigenvalue weighted by molar-refractivity contribution is -0.0285. The summed E-state index contributed by atoms with van der Waals surface area (Å²) < 4.78 is 35.7. The monoisotopic (exact) mass is 567 g/mol. The topological polar surface area (TPSA) is 146 Å². The second-order valence-corrected chi connectivity index (χ2v) is 14.8. The molecule has 1 aliphatic heterocycles. The first-order valence-corrected chi connectivity index (χ1v) is 15.4. The van der Waals surface area contributed by atoms with Gasteiger partial charge in [-0.05, 0) is 83.5 Å². The molecule has 1 aliphatic carbocycles. The molecule has 2 atom stereocenters. The molecule has 3 aromatic rings. The van der Waals surface area contributed by atoms with Crippen LogP contribution < -0.4 is 15.8 Å². The molecule has 10 nitrogen and oxygen atoms in total. The molecule has 0 saturated heterocycles. The average Bonchev–Trinajstić information content (AvgIpc) is 3.64. The number of hydrogen-bond acceptors (Lipinski definition) is 10. The first-order chi connectivity index (χ1) is 18.5. The number of carbonyl (C=O) groups excluding carboxylic acids is 1. The zero-order valence-electron chi connectivity index (χ0n) is 24.0. The zero-order valence-corrected chi connectivity index (χ0v) is 24.8. The van der Waals surface area contributed by atoms with Crippen molar-refractivity contribution in [3.8, 4) is 5.88 Å². The maximum atomic E-state index is 12.6. The van der Waals surface area contributed by atoms with E-state index < -0.39 is 26.2 Å². The van der Waals surface area contributed by atoms with Crippen molar-refractivity contribution < 1.29 is 22.7 Å². The van der Waals surface area contributed by atoms with E-state index in [4.69, 9.17) is 20.2 Å². The number of esters is 1. The highest BCUT2D eigenvalue weighted by molar-refractivity contribution is 7.91. The third kappa shape index (κ3) is 5.01. The van der Waals surface area contributed by atoms with Gasteiger partial charge in [0.15, 0.2) is 0 Å². The number of anilines is 2. The average molecular weight is 568 g/mol. The molecule has 3 aromatic heterocycles. The molecular weight excluding hydrogens is 530 g/mol. The van der Waals surface area contributed by atoms with Crippen LogP contribution in [0.4, 0.5) is 11.6 Å². The van der Waals surface area contributed by atoms with E-state index in [9.17, 15) is 13.2 Å². The van der Waals surface area contributed by atoms with Crippen LogP contribution in [0.25, 0.3) is 10.8 Å². The number of pyridine rings is 3. The van der Waals surface area contributed by atoms with Crippen molar-refractivity contribution in [1.29, 1.82) is 0 Å². The summed E-state index contributed by atoms with van der Waals surface area (Å²) in [4.78, 5) is 26.6. The molecule has 11 heteroatoms. The minimum atomic E-state index is -3.18. The molecule has 4 heterocycles. The number of nitrogens with zero attached hydrogens (tertiary/aromatic N) is 3. The van der Waals surface area contributed by atoms with E-state index in [0.717, 1.165) is 29.5 Å². The van der Waals surface area contributed by atoms with E-state index in [1.807, 2.05) is 40.7 Å². The predicted molar refractivity (Wildman–Crippen MR) is 154 cm³/mol. The number of aromatic nitrogens is 3. The number of hydrogen-bond donors (Lipinski definition) is 2. The number of nitrogens with one attached hydrogen (secondary N) is 1. The second-order valence-electron chi connectivity index (χ2n) is 12.3. The van der Waals surface area contributed by atoms with Gasteiger partial charge in [0.05, 0.1) is 33.4 Å². The Bertz CT molecular complexity index is 1610. The summed E-state index contributed by atoms with van der Waals surface area (Å²) in [6, 6.07) is 5.39. The summed E-state index contributed by atoms with van der Waals surface area (Å²) in [5.74, 6) is 1.13. The maximum absolute atomic E-state index is 12.6. The van der Waals surface area contributed by atoms with Crippen LogP contribution in [0.3, 0.4) is 0 Å². The number of fused-ring (bicyclic) bond motifs is 3. The normalized spacial score (nSPS) is 19.1. The third-order valence-electron chi connectivity index (χ3n) is 8.21. The van der Waals surface area contributed by atoms with E-state index in [1.54, 1.807) is 31.5 Å². The zero-order chi connectivity index (χ0) is 29.3. The van der Waals surface area contributed by atoms with Gasteiger partial charge in [-0.15, -0.1) is 0 Å². The molecule has 5 rings (SSSR count). The number of nitrogens with two attached hydrogens (primary N) is 1. The smallest absolute Gasteiger partial charge is 0.340 e. The van der Waals surface area contributed by atoms with Crippen LogP contribution >= 0.6 is 0 Å². The molecule has 0 radical (unpaired) electrons. The second kappa shape index (κ2) is 9.37. The van der Waals surface area contributed by atoms with Gasteiger partial charge < -0.3 is 20.5 Å². The molecule has 3 N–H and O–H groups in total. The molecule has 1 spiro atoms. The molecule has 0 bridgehead atoms. The summed E-state index contributed by atoms with van der Waals surface area (Å²) in [5.41, 5.74) is 6.98. The van der Waals surface area contributed by atoms with Crippen molar-refractivity contribution in [3.63, 3.8) is 0 Å². The summed E-state index contributed by atoms with van der Waals surface area (Å²) in [6.07, 6.45) is 6.35. The Morgan fingerprint density at radius 3 is 2.45 bits per heavy atom. The Morgan fingerprint density at radius 2 is 1.82 bits per heavy atom. The van der Waals surface area contributed by atoms with Crippen molar-refractivity contribution in [3.05, 3.63) is 47.4 Å². The fourth-order valence-electron chi connectivity index (χ4n) is 5.49.